The lowest BCUT2D eigenvalue weighted by Crippen LogP contribution is -2.21. The maximum Gasteiger partial charge on any atom is 0.333 e. The summed E-state index contributed by atoms with van der Waals surface area (Å²) in [6.07, 6.45) is 2.27. The summed E-state index contributed by atoms with van der Waals surface area (Å²) in [7, 11) is 0. The number of carbonyl (C=O) groups excluding carboxylic acids is 1. The topological polar surface area (TPSA) is 52.3 Å². The molecule has 1 atom stereocenters. The predicted molar refractivity (Wildman–Crippen MR) is 65.1 cm³/mol. The Morgan fingerprint density at radius 1 is 1.40 bits per heavy atom. The van der Waals surface area contributed by atoms with Crippen LogP contribution in [0.1, 0.15) is 34.1 Å². The predicted octanol–water partition coefficient (Wildman–Crippen LogP) is 2.48. The Morgan fingerprint density at radius 2 is 1.87 bits per heavy atom. The molecule has 0 aromatic rings. The molecule has 4 heteroatoms. The van der Waals surface area contributed by atoms with Crippen molar-refractivity contribution in [2.75, 3.05) is 13.0 Å². The Kier molecular flexibility index (Phi) is 11.2. The SMILES string of the molecule is CCOC(=O)C(C)=C(CC)C(C)N.CCl. The zero-order valence-electron chi connectivity index (χ0n) is 10.3. The highest BCUT2D eigenvalue weighted by Crippen LogP contribution is 2.12. The minimum Gasteiger partial charge on any atom is -0.463 e. The maximum atomic E-state index is 11.3. The van der Waals surface area contributed by atoms with Crippen molar-refractivity contribution < 1.29 is 9.53 Å². The van der Waals surface area contributed by atoms with Crippen molar-refractivity contribution in [3.05, 3.63) is 11.1 Å². The second kappa shape index (κ2) is 9.99. The quantitative estimate of drug-likeness (QED) is 0.463. The first-order chi connectivity index (χ1) is 7.04. The number of carbonyl (C=O) groups is 1. The van der Waals surface area contributed by atoms with Crippen molar-refractivity contribution in [2.24, 2.45) is 5.73 Å². The summed E-state index contributed by atoms with van der Waals surface area (Å²) in [6.45, 7) is 7.83. The van der Waals surface area contributed by atoms with E-state index in [2.05, 4.69) is 11.6 Å². The van der Waals surface area contributed by atoms with E-state index in [9.17, 15) is 4.79 Å². The van der Waals surface area contributed by atoms with Crippen molar-refractivity contribution in [1.82, 2.24) is 0 Å². The fourth-order valence-corrected chi connectivity index (χ4v) is 1.30. The van der Waals surface area contributed by atoms with Gasteiger partial charge in [0.25, 0.3) is 0 Å². The molecule has 0 radical (unpaired) electrons. The normalized spacial score (nSPS) is 13.3. The number of halogens is 1. The number of nitrogens with two attached hydrogens (primary N) is 1. The summed E-state index contributed by atoms with van der Waals surface area (Å²) in [5.41, 5.74) is 7.34. The molecule has 2 N–H and O–H groups in total. The van der Waals surface area contributed by atoms with Gasteiger partial charge in [-0.2, -0.15) is 0 Å². The average Bonchev–Trinajstić information content (AvgIpc) is 2.21. The third-order valence-corrected chi connectivity index (χ3v) is 1.99. The van der Waals surface area contributed by atoms with E-state index in [-0.39, 0.29) is 12.0 Å². The van der Waals surface area contributed by atoms with Crippen LogP contribution < -0.4 is 5.73 Å². The first kappa shape index (κ1) is 16.9. The highest BCUT2D eigenvalue weighted by Gasteiger charge is 2.12. The van der Waals surface area contributed by atoms with Crippen molar-refractivity contribution in [3.63, 3.8) is 0 Å². The Labute approximate surface area is 97.6 Å². The van der Waals surface area contributed by atoms with Crippen LogP contribution >= 0.6 is 11.6 Å². The van der Waals surface area contributed by atoms with Crippen molar-refractivity contribution in [3.8, 4) is 0 Å². The standard InChI is InChI=1S/C10H19NO2.CH3Cl/c1-5-9(8(4)11)7(3)10(12)13-6-2;1-2/h8H,5-6,11H2,1-4H3;1H3. The first-order valence-corrected chi connectivity index (χ1v) is 5.80. The second-order valence-corrected chi connectivity index (χ2v) is 3.01. The number of hydrogen-bond donors (Lipinski definition) is 1. The van der Waals surface area contributed by atoms with Gasteiger partial charge in [0.05, 0.1) is 6.61 Å². The van der Waals surface area contributed by atoms with Gasteiger partial charge in [-0.1, -0.05) is 6.92 Å². The molecule has 0 fully saturated rings. The molecule has 15 heavy (non-hydrogen) atoms. The van der Waals surface area contributed by atoms with Gasteiger partial charge < -0.3 is 10.5 Å². The van der Waals surface area contributed by atoms with Crippen molar-refractivity contribution in [2.45, 2.75) is 40.2 Å². The van der Waals surface area contributed by atoms with Crippen LogP contribution in [0.25, 0.3) is 0 Å². The second-order valence-electron chi connectivity index (χ2n) is 3.01. The molecule has 0 heterocycles. The molecule has 0 aliphatic heterocycles. The van der Waals surface area contributed by atoms with Gasteiger partial charge in [0.2, 0.25) is 0 Å². The minimum atomic E-state index is -0.253. The highest BCUT2D eigenvalue weighted by atomic mass is 35.5. The third kappa shape index (κ3) is 6.52. The summed E-state index contributed by atoms with van der Waals surface area (Å²) in [4.78, 5) is 11.3. The molecule has 0 spiro atoms. The summed E-state index contributed by atoms with van der Waals surface area (Å²) < 4.78 is 4.88. The molecule has 0 saturated carbocycles. The molecule has 90 valence electrons. The average molecular weight is 236 g/mol. The van der Waals surface area contributed by atoms with Crippen LogP contribution in [0.2, 0.25) is 0 Å². The van der Waals surface area contributed by atoms with Gasteiger partial charge in [-0.05, 0) is 32.8 Å². The lowest BCUT2D eigenvalue weighted by molar-refractivity contribution is -0.138. The van der Waals surface area contributed by atoms with Crippen LogP contribution in [-0.2, 0) is 9.53 Å². The first-order valence-electron chi connectivity index (χ1n) is 5.04. The molecule has 0 aromatic carbocycles. The Bertz CT molecular complexity index is 213. The lowest BCUT2D eigenvalue weighted by Gasteiger charge is -2.12. The van der Waals surface area contributed by atoms with Gasteiger partial charge in [-0.3, -0.25) is 0 Å². The number of alkyl halides is 1. The minimum absolute atomic E-state index is 0.0746. The summed E-state index contributed by atoms with van der Waals surface area (Å²) in [5, 5.41) is 0. The van der Waals surface area contributed by atoms with E-state index in [4.69, 9.17) is 10.5 Å². The third-order valence-electron chi connectivity index (χ3n) is 1.99. The maximum absolute atomic E-state index is 11.3. The van der Waals surface area contributed by atoms with Gasteiger partial charge >= 0.3 is 5.97 Å². The molecule has 0 saturated heterocycles. The molecule has 0 aliphatic carbocycles. The summed E-state index contributed by atoms with van der Waals surface area (Å²) in [5.74, 6) is -0.253. The van der Waals surface area contributed by atoms with Crippen LogP contribution in [0.5, 0.6) is 0 Å². The Balaban J connectivity index is 0. The Hall–Kier alpha value is -0.540. The van der Waals surface area contributed by atoms with E-state index < -0.39 is 0 Å². The van der Waals surface area contributed by atoms with E-state index in [0.717, 1.165) is 12.0 Å². The van der Waals surface area contributed by atoms with Crippen LogP contribution in [0, 0.1) is 0 Å². The number of hydrogen-bond acceptors (Lipinski definition) is 3. The number of esters is 1. The summed E-state index contributed by atoms with van der Waals surface area (Å²) in [6, 6.07) is -0.0746. The number of ether oxygens (including phenoxy) is 1. The number of rotatable bonds is 4. The van der Waals surface area contributed by atoms with E-state index >= 15 is 0 Å². The molecule has 3 nitrogen and oxygen atoms in total. The molecule has 1 unspecified atom stereocenters. The monoisotopic (exact) mass is 235 g/mol. The smallest absolute Gasteiger partial charge is 0.333 e. The molecule has 0 bridgehead atoms. The largest absolute Gasteiger partial charge is 0.463 e. The van der Waals surface area contributed by atoms with E-state index in [0.29, 0.717) is 12.2 Å². The van der Waals surface area contributed by atoms with Crippen LogP contribution in [0.15, 0.2) is 11.1 Å². The molecular weight excluding hydrogens is 214 g/mol. The van der Waals surface area contributed by atoms with Crippen LogP contribution in [0.3, 0.4) is 0 Å². The van der Waals surface area contributed by atoms with Gasteiger partial charge in [-0.15, -0.1) is 11.6 Å². The fourth-order valence-electron chi connectivity index (χ4n) is 1.30. The van der Waals surface area contributed by atoms with Crippen LogP contribution in [0.4, 0.5) is 0 Å². The fraction of sp³-hybridized carbons (Fsp3) is 0.727. The van der Waals surface area contributed by atoms with Gasteiger partial charge in [0.15, 0.2) is 0 Å². The van der Waals surface area contributed by atoms with E-state index in [1.807, 2.05) is 13.8 Å². The highest BCUT2D eigenvalue weighted by molar-refractivity contribution is 6.15. The molecule has 0 rings (SSSR count). The van der Waals surface area contributed by atoms with Crippen molar-refractivity contribution >= 4 is 17.6 Å². The van der Waals surface area contributed by atoms with E-state index in [1.54, 1.807) is 13.8 Å². The van der Waals surface area contributed by atoms with Gasteiger partial charge in [0.1, 0.15) is 0 Å². The van der Waals surface area contributed by atoms with Gasteiger partial charge in [-0.25, -0.2) is 4.79 Å². The van der Waals surface area contributed by atoms with E-state index in [1.165, 1.54) is 6.38 Å². The molecule has 0 aliphatic rings. The lowest BCUT2D eigenvalue weighted by atomic mass is 10.0. The molecule has 0 amide bonds. The zero-order chi connectivity index (χ0) is 12.4. The Morgan fingerprint density at radius 3 is 2.13 bits per heavy atom. The molecule has 0 aromatic heterocycles. The van der Waals surface area contributed by atoms with Crippen molar-refractivity contribution in [1.29, 1.82) is 0 Å². The van der Waals surface area contributed by atoms with Crippen LogP contribution in [-0.4, -0.2) is 25.0 Å². The molecular formula is C11H22ClNO2. The zero-order valence-corrected chi connectivity index (χ0v) is 11.0. The summed E-state index contributed by atoms with van der Waals surface area (Å²) >= 11 is 4.64. The van der Waals surface area contributed by atoms with Gasteiger partial charge in [0, 0.05) is 18.0 Å².